The number of ether oxygens (including phenoxy) is 1. The van der Waals surface area contributed by atoms with Gasteiger partial charge in [0.15, 0.2) is 5.78 Å². The summed E-state index contributed by atoms with van der Waals surface area (Å²) in [6, 6.07) is 3.47. The highest BCUT2D eigenvalue weighted by molar-refractivity contribution is 5.94. The molecule has 1 aromatic carbocycles. The lowest BCUT2D eigenvalue weighted by molar-refractivity contribution is 0.101. The molecule has 4 heteroatoms. The molecule has 0 aromatic heterocycles. The molecule has 0 unspecified atom stereocenters. The summed E-state index contributed by atoms with van der Waals surface area (Å²) in [6.07, 6.45) is 3.01. The van der Waals surface area contributed by atoms with Crippen LogP contribution in [0.5, 0.6) is 5.75 Å². The van der Waals surface area contributed by atoms with E-state index in [-0.39, 0.29) is 29.8 Å². The van der Waals surface area contributed by atoms with Gasteiger partial charge in [-0.25, -0.2) is 0 Å². The fraction of sp³-hybridized carbons (Fsp3) is 0.500. The summed E-state index contributed by atoms with van der Waals surface area (Å²) in [7, 11) is 0. The number of phenols is 1. The molecular weight excluding hydrogens is 280 g/mol. The molecule has 0 spiro atoms. The smallest absolute Gasteiger partial charge is 0.159 e. The lowest BCUT2D eigenvalue weighted by Crippen LogP contribution is -2.07. The maximum atomic E-state index is 11.7. The average Bonchev–Trinajstić information content (AvgIpc) is 3.05. The Morgan fingerprint density at radius 1 is 1.32 bits per heavy atom. The molecule has 1 heterocycles. The second-order valence-electron chi connectivity index (χ2n) is 6.53. The molecule has 120 valence electrons. The molecule has 4 nitrogen and oxygen atoms in total. The van der Waals surface area contributed by atoms with Gasteiger partial charge in [-0.05, 0) is 57.4 Å². The molecule has 1 fully saturated rings. The lowest BCUT2D eigenvalue weighted by atomic mass is 9.95. The van der Waals surface area contributed by atoms with Crippen molar-refractivity contribution in [3.63, 3.8) is 0 Å². The Kier molecular flexibility index (Phi) is 4.73. The first-order valence-electron chi connectivity index (χ1n) is 7.54. The van der Waals surface area contributed by atoms with Crippen molar-refractivity contribution >= 4 is 5.78 Å². The molecular formula is C18H24O4. The molecule has 2 rings (SSSR count). The van der Waals surface area contributed by atoms with Gasteiger partial charge in [-0.2, -0.15) is 0 Å². The Hall–Kier alpha value is -1.65. The number of aliphatic hydroxyl groups excluding tert-OH is 1. The summed E-state index contributed by atoms with van der Waals surface area (Å²) in [5.74, 6) is 0.194. The number of phenolic OH excluding ortho intramolecular Hbond substituents is 1. The molecule has 0 saturated carbocycles. The molecule has 0 bridgehead atoms. The Bertz CT molecular complexity index is 614. The SMILES string of the molecule is CC(=O)c1cc(C/C=C(\C)CO)c(O)c(C[C@H]2OC2(C)C)c1. The van der Waals surface area contributed by atoms with E-state index in [1.54, 1.807) is 12.1 Å². The van der Waals surface area contributed by atoms with Crippen LogP contribution in [0.4, 0.5) is 0 Å². The molecule has 0 aliphatic carbocycles. The third kappa shape index (κ3) is 3.76. The van der Waals surface area contributed by atoms with E-state index < -0.39 is 0 Å². The van der Waals surface area contributed by atoms with Gasteiger partial charge in [0, 0.05) is 12.0 Å². The molecule has 2 N–H and O–H groups in total. The number of hydrogen-bond acceptors (Lipinski definition) is 4. The van der Waals surface area contributed by atoms with Crippen LogP contribution in [-0.2, 0) is 17.6 Å². The number of aliphatic hydroxyl groups is 1. The number of ketones is 1. The molecule has 1 aliphatic rings. The summed E-state index contributed by atoms with van der Waals surface area (Å²) in [5, 5.41) is 19.5. The molecule has 0 amide bonds. The third-order valence-corrected chi connectivity index (χ3v) is 4.16. The van der Waals surface area contributed by atoms with E-state index in [1.807, 2.05) is 26.8 Å². The second kappa shape index (κ2) is 6.23. The number of Topliss-reactive ketones (excluding diaryl/α,β-unsaturated/α-hetero) is 1. The van der Waals surface area contributed by atoms with Crippen LogP contribution in [0.1, 0.15) is 49.2 Å². The van der Waals surface area contributed by atoms with Crippen LogP contribution in [0.15, 0.2) is 23.8 Å². The van der Waals surface area contributed by atoms with E-state index in [4.69, 9.17) is 9.84 Å². The number of benzene rings is 1. The van der Waals surface area contributed by atoms with Gasteiger partial charge in [-0.3, -0.25) is 4.79 Å². The molecule has 0 radical (unpaired) electrons. The highest BCUT2D eigenvalue weighted by Crippen LogP contribution is 2.40. The summed E-state index contributed by atoms with van der Waals surface area (Å²) in [6.45, 7) is 7.36. The summed E-state index contributed by atoms with van der Waals surface area (Å²) >= 11 is 0. The van der Waals surface area contributed by atoms with Crippen molar-refractivity contribution in [2.75, 3.05) is 6.61 Å². The third-order valence-electron chi connectivity index (χ3n) is 4.16. The minimum absolute atomic E-state index is 0.00980. The normalized spacial score (nSPS) is 20.0. The Balaban J connectivity index is 2.32. The lowest BCUT2D eigenvalue weighted by Gasteiger charge is -2.11. The number of epoxide rings is 1. The van der Waals surface area contributed by atoms with Crippen molar-refractivity contribution in [2.24, 2.45) is 0 Å². The summed E-state index contributed by atoms with van der Waals surface area (Å²) in [4.78, 5) is 11.7. The van der Waals surface area contributed by atoms with Crippen LogP contribution in [0.25, 0.3) is 0 Å². The van der Waals surface area contributed by atoms with Crippen molar-refractivity contribution < 1.29 is 19.7 Å². The number of hydrogen-bond donors (Lipinski definition) is 2. The zero-order valence-electron chi connectivity index (χ0n) is 13.6. The molecule has 22 heavy (non-hydrogen) atoms. The van der Waals surface area contributed by atoms with E-state index in [9.17, 15) is 9.90 Å². The first-order valence-corrected chi connectivity index (χ1v) is 7.54. The van der Waals surface area contributed by atoms with E-state index in [0.717, 1.165) is 11.1 Å². The van der Waals surface area contributed by atoms with Gasteiger partial charge >= 0.3 is 0 Å². The van der Waals surface area contributed by atoms with Crippen molar-refractivity contribution in [3.8, 4) is 5.75 Å². The zero-order valence-corrected chi connectivity index (χ0v) is 13.6. The fourth-order valence-corrected chi connectivity index (χ4v) is 2.44. The number of allylic oxidation sites excluding steroid dienone is 1. The van der Waals surface area contributed by atoms with Crippen LogP contribution in [-0.4, -0.2) is 34.3 Å². The van der Waals surface area contributed by atoms with Crippen LogP contribution in [0, 0.1) is 0 Å². The number of carbonyl (C=O) groups is 1. The van der Waals surface area contributed by atoms with Crippen molar-refractivity contribution in [1.29, 1.82) is 0 Å². The van der Waals surface area contributed by atoms with Crippen LogP contribution in [0.3, 0.4) is 0 Å². The van der Waals surface area contributed by atoms with Gasteiger partial charge in [0.2, 0.25) is 0 Å². The van der Waals surface area contributed by atoms with Gasteiger partial charge in [0.25, 0.3) is 0 Å². The van der Waals surface area contributed by atoms with E-state index in [2.05, 4.69) is 0 Å². The van der Waals surface area contributed by atoms with Gasteiger partial charge in [0.05, 0.1) is 18.3 Å². The highest BCUT2D eigenvalue weighted by Gasteiger charge is 2.47. The van der Waals surface area contributed by atoms with E-state index in [1.165, 1.54) is 6.92 Å². The van der Waals surface area contributed by atoms with Crippen LogP contribution < -0.4 is 0 Å². The van der Waals surface area contributed by atoms with Crippen molar-refractivity contribution in [3.05, 3.63) is 40.5 Å². The Labute approximate surface area is 131 Å². The van der Waals surface area contributed by atoms with Gasteiger partial charge in [-0.1, -0.05) is 11.6 Å². The fourth-order valence-electron chi connectivity index (χ4n) is 2.44. The largest absolute Gasteiger partial charge is 0.507 e. The second-order valence-corrected chi connectivity index (χ2v) is 6.53. The van der Waals surface area contributed by atoms with Crippen molar-refractivity contribution in [2.45, 2.75) is 52.2 Å². The first kappa shape index (κ1) is 16.7. The van der Waals surface area contributed by atoms with Crippen LogP contribution in [0.2, 0.25) is 0 Å². The number of carbonyl (C=O) groups excluding carboxylic acids is 1. The Morgan fingerprint density at radius 2 is 1.91 bits per heavy atom. The first-order chi connectivity index (χ1) is 10.2. The summed E-state index contributed by atoms with van der Waals surface area (Å²) < 4.78 is 5.58. The van der Waals surface area contributed by atoms with Gasteiger partial charge < -0.3 is 14.9 Å². The van der Waals surface area contributed by atoms with E-state index in [0.29, 0.717) is 24.0 Å². The maximum absolute atomic E-state index is 11.7. The van der Waals surface area contributed by atoms with Crippen molar-refractivity contribution in [1.82, 2.24) is 0 Å². The van der Waals surface area contributed by atoms with Gasteiger partial charge in [0.1, 0.15) is 5.75 Å². The number of rotatable bonds is 6. The predicted molar refractivity (Wildman–Crippen MR) is 85.3 cm³/mol. The van der Waals surface area contributed by atoms with E-state index >= 15 is 0 Å². The predicted octanol–water partition coefficient (Wildman–Crippen LogP) is 2.80. The highest BCUT2D eigenvalue weighted by atomic mass is 16.6. The maximum Gasteiger partial charge on any atom is 0.159 e. The molecule has 1 aliphatic heterocycles. The van der Waals surface area contributed by atoms with Crippen LogP contribution >= 0.6 is 0 Å². The minimum atomic E-state index is -0.161. The Morgan fingerprint density at radius 3 is 2.41 bits per heavy atom. The standard InChI is InChI=1S/C18H24O4/c1-11(10-19)5-6-13-7-14(12(2)20)8-15(17(13)21)9-16-18(3,4)22-16/h5,7-8,16,19,21H,6,9-10H2,1-4H3/b11-5+/t16-/m1/s1. The average molecular weight is 304 g/mol. The molecule has 1 saturated heterocycles. The molecule has 1 aromatic rings. The molecule has 1 atom stereocenters. The minimum Gasteiger partial charge on any atom is -0.507 e. The monoisotopic (exact) mass is 304 g/mol. The zero-order chi connectivity index (χ0) is 16.5. The number of aromatic hydroxyl groups is 1. The topological polar surface area (TPSA) is 70.1 Å². The summed E-state index contributed by atoms with van der Waals surface area (Å²) in [5.41, 5.74) is 2.71. The quantitative estimate of drug-likeness (QED) is 0.482. The van der Waals surface area contributed by atoms with Gasteiger partial charge in [-0.15, -0.1) is 0 Å².